The number of methoxy groups -OCH3 is 2. The zero-order chi connectivity index (χ0) is 16.3. The van der Waals surface area contributed by atoms with Crippen molar-refractivity contribution in [1.29, 1.82) is 0 Å². The van der Waals surface area contributed by atoms with E-state index in [1.807, 2.05) is 19.9 Å². The number of aromatic nitrogens is 2. The Hall–Kier alpha value is -2.21. The molecule has 0 spiro atoms. The zero-order valence-corrected chi connectivity index (χ0v) is 13.7. The number of carbonyl (C=O) groups is 1. The molecular weight excluding hydrogens is 306 g/mol. The van der Waals surface area contributed by atoms with Crippen LogP contribution in [0.1, 0.15) is 11.4 Å². The molecule has 0 aliphatic rings. The highest BCUT2D eigenvalue weighted by Crippen LogP contribution is 2.35. The van der Waals surface area contributed by atoms with Gasteiger partial charge in [0.05, 0.1) is 30.6 Å². The minimum absolute atomic E-state index is 0.118. The smallest absolute Gasteiger partial charge is 0.246 e. The highest BCUT2D eigenvalue weighted by atomic mass is 35.5. The van der Waals surface area contributed by atoms with Crippen molar-refractivity contribution < 1.29 is 14.3 Å². The lowest BCUT2D eigenvalue weighted by Gasteiger charge is -2.13. The molecule has 6 nitrogen and oxygen atoms in total. The van der Waals surface area contributed by atoms with Crippen molar-refractivity contribution in [2.24, 2.45) is 0 Å². The number of rotatable bonds is 5. The average molecular weight is 324 g/mol. The van der Waals surface area contributed by atoms with Gasteiger partial charge in [-0.25, -0.2) is 0 Å². The topological polar surface area (TPSA) is 65.4 Å². The molecule has 2 rings (SSSR count). The summed E-state index contributed by atoms with van der Waals surface area (Å²) < 4.78 is 12.0. The second-order valence-electron chi connectivity index (χ2n) is 4.82. The van der Waals surface area contributed by atoms with Gasteiger partial charge in [-0.3, -0.25) is 9.48 Å². The predicted octanol–water partition coefficient (Wildman–Crippen LogP) is 2.81. The van der Waals surface area contributed by atoms with Crippen LogP contribution in [0.4, 0.5) is 5.69 Å². The fourth-order valence-corrected chi connectivity index (χ4v) is 2.36. The molecule has 1 aromatic carbocycles. The number of nitrogens with one attached hydrogen (secondary N) is 1. The van der Waals surface area contributed by atoms with Gasteiger partial charge in [0.25, 0.3) is 0 Å². The molecule has 7 heteroatoms. The maximum atomic E-state index is 12.2. The minimum atomic E-state index is -0.217. The summed E-state index contributed by atoms with van der Waals surface area (Å²) in [6, 6.07) is 5.14. The van der Waals surface area contributed by atoms with Crippen LogP contribution < -0.4 is 14.8 Å². The van der Waals surface area contributed by atoms with E-state index in [0.717, 1.165) is 11.4 Å². The van der Waals surface area contributed by atoms with Crippen LogP contribution in [-0.2, 0) is 11.3 Å². The molecule has 2 aromatic rings. The van der Waals surface area contributed by atoms with Gasteiger partial charge in [0, 0.05) is 11.8 Å². The van der Waals surface area contributed by atoms with Crippen LogP contribution >= 0.6 is 11.6 Å². The van der Waals surface area contributed by atoms with Crippen molar-refractivity contribution >= 4 is 23.2 Å². The summed E-state index contributed by atoms with van der Waals surface area (Å²) in [6.07, 6.45) is 0. The van der Waals surface area contributed by atoms with Crippen LogP contribution in [0.25, 0.3) is 0 Å². The van der Waals surface area contributed by atoms with Crippen LogP contribution in [0.3, 0.4) is 0 Å². The van der Waals surface area contributed by atoms with E-state index < -0.39 is 0 Å². The molecular formula is C15H18ClN3O3. The standard InChI is InChI=1S/C15H18ClN3O3/c1-9-5-10(2)19(18-9)8-15(20)17-12-6-11(16)13(21-3)7-14(12)22-4/h5-7H,8H2,1-4H3,(H,17,20). The largest absolute Gasteiger partial charge is 0.495 e. The highest BCUT2D eigenvalue weighted by Gasteiger charge is 2.13. The van der Waals surface area contributed by atoms with E-state index >= 15 is 0 Å². The van der Waals surface area contributed by atoms with Crippen molar-refractivity contribution in [2.45, 2.75) is 20.4 Å². The van der Waals surface area contributed by atoms with Crippen LogP contribution in [0.2, 0.25) is 5.02 Å². The maximum Gasteiger partial charge on any atom is 0.246 e. The molecule has 1 heterocycles. The number of nitrogens with zero attached hydrogens (tertiary/aromatic N) is 2. The molecule has 0 fully saturated rings. The molecule has 22 heavy (non-hydrogen) atoms. The molecule has 0 atom stereocenters. The van der Waals surface area contributed by atoms with Crippen LogP contribution in [0, 0.1) is 13.8 Å². The van der Waals surface area contributed by atoms with Crippen LogP contribution in [0.15, 0.2) is 18.2 Å². The van der Waals surface area contributed by atoms with E-state index in [-0.39, 0.29) is 12.5 Å². The molecule has 118 valence electrons. The van der Waals surface area contributed by atoms with Gasteiger partial charge < -0.3 is 14.8 Å². The summed E-state index contributed by atoms with van der Waals surface area (Å²) >= 11 is 6.08. The van der Waals surface area contributed by atoms with Gasteiger partial charge in [0.1, 0.15) is 18.0 Å². The van der Waals surface area contributed by atoms with Crippen molar-refractivity contribution in [1.82, 2.24) is 9.78 Å². The number of anilines is 1. The fourth-order valence-electron chi connectivity index (χ4n) is 2.12. The first-order valence-electron chi connectivity index (χ1n) is 6.67. The second kappa shape index (κ2) is 6.70. The van der Waals surface area contributed by atoms with Crippen molar-refractivity contribution in [3.05, 3.63) is 34.6 Å². The first kappa shape index (κ1) is 16.2. The molecule has 0 aliphatic heterocycles. The number of hydrogen-bond donors (Lipinski definition) is 1. The Balaban J connectivity index is 2.17. The molecule has 0 aliphatic carbocycles. The first-order chi connectivity index (χ1) is 10.4. The Morgan fingerprint density at radius 1 is 1.23 bits per heavy atom. The number of ether oxygens (including phenoxy) is 2. The molecule has 0 bridgehead atoms. The first-order valence-corrected chi connectivity index (χ1v) is 7.04. The number of aryl methyl sites for hydroxylation is 2. The summed E-state index contributed by atoms with van der Waals surface area (Å²) in [5.41, 5.74) is 2.28. The van der Waals surface area contributed by atoms with Crippen molar-refractivity contribution in [3.8, 4) is 11.5 Å². The summed E-state index contributed by atoms with van der Waals surface area (Å²) in [6.45, 7) is 3.90. The highest BCUT2D eigenvalue weighted by molar-refractivity contribution is 6.32. The lowest BCUT2D eigenvalue weighted by atomic mass is 10.2. The Bertz CT molecular complexity index is 698. The van der Waals surface area contributed by atoms with E-state index in [2.05, 4.69) is 10.4 Å². The Morgan fingerprint density at radius 3 is 2.45 bits per heavy atom. The summed E-state index contributed by atoms with van der Waals surface area (Å²) in [5, 5.41) is 7.42. The van der Waals surface area contributed by atoms with E-state index in [9.17, 15) is 4.79 Å². The van der Waals surface area contributed by atoms with Gasteiger partial charge in [0.15, 0.2) is 0 Å². The zero-order valence-electron chi connectivity index (χ0n) is 12.9. The molecule has 1 aromatic heterocycles. The average Bonchev–Trinajstić information content (AvgIpc) is 2.77. The van der Waals surface area contributed by atoms with Gasteiger partial charge >= 0.3 is 0 Å². The molecule has 0 unspecified atom stereocenters. The van der Waals surface area contributed by atoms with Crippen molar-refractivity contribution in [2.75, 3.05) is 19.5 Å². The molecule has 0 radical (unpaired) electrons. The molecule has 1 N–H and O–H groups in total. The Kier molecular flexibility index (Phi) is 4.92. The predicted molar refractivity (Wildman–Crippen MR) is 84.9 cm³/mol. The molecule has 0 saturated heterocycles. The van der Waals surface area contributed by atoms with Gasteiger partial charge in [-0.15, -0.1) is 0 Å². The minimum Gasteiger partial charge on any atom is -0.495 e. The van der Waals surface area contributed by atoms with Crippen LogP contribution in [0.5, 0.6) is 11.5 Å². The van der Waals surface area contributed by atoms with Gasteiger partial charge in [-0.1, -0.05) is 11.6 Å². The van der Waals surface area contributed by atoms with Crippen molar-refractivity contribution in [3.63, 3.8) is 0 Å². The van der Waals surface area contributed by atoms with Crippen LogP contribution in [-0.4, -0.2) is 29.9 Å². The quantitative estimate of drug-likeness (QED) is 0.919. The number of halogens is 1. The summed E-state index contributed by atoms with van der Waals surface area (Å²) in [7, 11) is 3.03. The molecule has 1 amide bonds. The van der Waals surface area contributed by atoms with E-state index in [1.54, 1.807) is 16.8 Å². The van der Waals surface area contributed by atoms with E-state index in [0.29, 0.717) is 22.2 Å². The maximum absolute atomic E-state index is 12.2. The lowest BCUT2D eigenvalue weighted by molar-refractivity contribution is -0.116. The van der Waals surface area contributed by atoms with E-state index in [4.69, 9.17) is 21.1 Å². The lowest BCUT2D eigenvalue weighted by Crippen LogP contribution is -2.20. The fraction of sp³-hybridized carbons (Fsp3) is 0.333. The number of carbonyl (C=O) groups excluding carboxylic acids is 1. The number of benzene rings is 1. The van der Waals surface area contributed by atoms with Gasteiger partial charge in [-0.2, -0.15) is 5.10 Å². The number of hydrogen-bond acceptors (Lipinski definition) is 4. The molecule has 0 saturated carbocycles. The normalized spacial score (nSPS) is 10.4. The summed E-state index contributed by atoms with van der Waals surface area (Å²) in [5.74, 6) is 0.740. The Morgan fingerprint density at radius 2 is 1.91 bits per heavy atom. The second-order valence-corrected chi connectivity index (χ2v) is 5.23. The Labute approximate surface area is 134 Å². The monoisotopic (exact) mass is 323 g/mol. The van der Waals surface area contributed by atoms with Gasteiger partial charge in [0.2, 0.25) is 5.91 Å². The van der Waals surface area contributed by atoms with E-state index in [1.165, 1.54) is 14.2 Å². The third kappa shape index (κ3) is 3.51. The third-order valence-corrected chi connectivity index (χ3v) is 3.44. The third-order valence-electron chi connectivity index (χ3n) is 3.14. The van der Waals surface area contributed by atoms with Gasteiger partial charge in [-0.05, 0) is 26.0 Å². The summed E-state index contributed by atoms with van der Waals surface area (Å²) in [4.78, 5) is 12.2. The number of amides is 1. The SMILES string of the molecule is COc1cc(OC)c(NC(=O)Cn2nc(C)cc2C)cc1Cl.